The van der Waals surface area contributed by atoms with Crippen LogP contribution in [-0.4, -0.2) is 34.9 Å². The smallest absolute Gasteiger partial charge is 0.389 e. The number of para-hydroxylation sites is 1. The molecule has 2 heterocycles. The molecule has 3 aromatic rings. The second-order valence-electron chi connectivity index (χ2n) is 8.33. The van der Waals surface area contributed by atoms with Crippen LogP contribution in [-0.2, 0) is 22.6 Å². The van der Waals surface area contributed by atoms with Crippen molar-refractivity contribution in [2.45, 2.75) is 38.6 Å². The van der Waals surface area contributed by atoms with E-state index in [4.69, 9.17) is 4.74 Å². The molecule has 0 aliphatic rings. The quantitative estimate of drug-likeness (QED) is 0.433. The Morgan fingerprint density at radius 1 is 1.14 bits per heavy atom. The fourth-order valence-corrected chi connectivity index (χ4v) is 4.84. The van der Waals surface area contributed by atoms with E-state index in [0.717, 1.165) is 0 Å². The van der Waals surface area contributed by atoms with E-state index >= 15 is 0 Å². The van der Waals surface area contributed by atoms with Gasteiger partial charge in [-0.1, -0.05) is 12.1 Å². The summed E-state index contributed by atoms with van der Waals surface area (Å²) in [7, 11) is -2.39. The summed E-state index contributed by atoms with van der Waals surface area (Å²) in [6.45, 7) is 3.32. The number of aryl methyl sites for hydroxylation is 3. The molecule has 12 heteroatoms. The van der Waals surface area contributed by atoms with Crippen molar-refractivity contribution in [1.29, 1.82) is 5.26 Å². The van der Waals surface area contributed by atoms with E-state index in [-0.39, 0.29) is 34.3 Å². The van der Waals surface area contributed by atoms with Gasteiger partial charge < -0.3 is 9.30 Å². The lowest BCUT2D eigenvalue weighted by molar-refractivity contribution is -0.134. The number of nitrogens with zero attached hydrogens (tertiary/aromatic N) is 4. The van der Waals surface area contributed by atoms with Crippen LogP contribution in [0.2, 0.25) is 0 Å². The summed E-state index contributed by atoms with van der Waals surface area (Å²) in [6.07, 6.45) is -4.72. The maximum absolute atomic E-state index is 12.6. The molecule has 1 aromatic carbocycles. The fraction of sp³-hybridized carbons (Fsp3) is 0.333. The van der Waals surface area contributed by atoms with Gasteiger partial charge in [-0.25, -0.2) is 8.42 Å². The lowest BCUT2D eigenvalue weighted by Crippen LogP contribution is -2.18. The average Bonchev–Trinajstić information content (AvgIpc) is 2.77. The van der Waals surface area contributed by atoms with Crippen LogP contribution in [0.1, 0.15) is 35.2 Å². The number of rotatable bonds is 8. The molecule has 0 aliphatic carbocycles. The molecule has 0 bridgehead atoms. The molecule has 190 valence electrons. The minimum absolute atomic E-state index is 0.000562. The normalized spacial score (nSPS) is 11.8. The van der Waals surface area contributed by atoms with Gasteiger partial charge in [-0.3, -0.25) is 4.79 Å². The molecular weight excluding hydrogens is 497 g/mol. The molecule has 0 saturated heterocycles. The van der Waals surface area contributed by atoms with Crippen LogP contribution in [0.25, 0.3) is 11.3 Å². The molecule has 0 aliphatic heterocycles. The molecule has 0 spiro atoms. The monoisotopic (exact) mass is 520 g/mol. The molecule has 0 saturated carbocycles. The van der Waals surface area contributed by atoms with Gasteiger partial charge in [-0.05, 0) is 44.0 Å². The maximum Gasteiger partial charge on any atom is 0.389 e. The third kappa shape index (κ3) is 6.91. The summed E-state index contributed by atoms with van der Waals surface area (Å²) in [6, 6.07) is 9.64. The second kappa shape index (κ2) is 10.5. The molecule has 0 radical (unpaired) electrons. The number of hydrogen-bond donors (Lipinski definition) is 0. The van der Waals surface area contributed by atoms with Crippen molar-refractivity contribution in [3.05, 3.63) is 69.3 Å². The van der Waals surface area contributed by atoms with E-state index in [1.54, 1.807) is 39.1 Å². The van der Waals surface area contributed by atoms with E-state index < -0.39 is 40.4 Å². The number of pyridine rings is 1. The van der Waals surface area contributed by atoms with Crippen molar-refractivity contribution in [2.24, 2.45) is 7.05 Å². The molecule has 0 atom stereocenters. The Bertz CT molecular complexity index is 1470. The van der Waals surface area contributed by atoms with Crippen molar-refractivity contribution in [1.82, 2.24) is 14.5 Å². The van der Waals surface area contributed by atoms with Gasteiger partial charge in [0.2, 0.25) is 0 Å². The van der Waals surface area contributed by atoms with Crippen LogP contribution in [0, 0.1) is 25.2 Å². The molecule has 36 heavy (non-hydrogen) atoms. The molecule has 0 unspecified atom stereocenters. The zero-order chi connectivity index (χ0) is 26.7. The number of nitriles is 1. The molecule has 0 amide bonds. The van der Waals surface area contributed by atoms with Crippen LogP contribution in [0.5, 0.6) is 11.8 Å². The van der Waals surface area contributed by atoms with Crippen LogP contribution in [0.3, 0.4) is 0 Å². The Hall–Kier alpha value is -3.72. The number of ether oxygens (including phenoxy) is 1. The molecule has 0 N–H and O–H groups in total. The highest BCUT2D eigenvalue weighted by Gasteiger charge is 2.28. The Labute approximate surface area is 205 Å². The summed E-state index contributed by atoms with van der Waals surface area (Å²) in [5.74, 6) is -1.12. The number of hydrogen-bond acceptors (Lipinski definition) is 7. The first-order valence-corrected chi connectivity index (χ1v) is 12.6. The number of benzene rings is 1. The third-order valence-corrected chi connectivity index (χ3v) is 6.87. The first-order valence-electron chi connectivity index (χ1n) is 10.8. The van der Waals surface area contributed by atoms with Crippen LogP contribution in [0.4, 0.5) is 13.2 Å². The summed E-state index contributed by atoms with van der Waals surface area (Å²) in [4.78, 5) is 20.6. The van der Waals surface area contributed by atoms with E-state index in [9.17, 15) is 31.6 Å². The Balaban J connectivity index is 2.05. The minimum Gasteiger partial charge on any atom is -0.423 e. The van der Waals surface area contributed by atoms with Gasteiger partial charge in [0.05, 0.1) is 28.5 Å². The first kappa shape index (κ1) is 26.9. The van der Waals surface area contributed by atoms with Gasteiger partial charge >= 0.3 is 12.2 Å². The summed E-state index contributed by atoms with van der Waals surface area (Å²) >= 11 is 0. The Morgan fingerprint density at radius 2 is 1.86 bits per heavy atom. The summed E-state index contributed by atoms with van der Waals surface area (Å²) in [5.41, 5.74) is 1.73. The second-order valence-corrected chi connectivity index (χ2v) is 10.5. The van der Waals surface area contributed by atoms with Crippen LogP contribution in [0.15, 0.2) is 41.3 Å². The molecule has 0 fully saturated rings. The SMILES string of the molecule is Cc1cccc(C#N)c1Oc1nc(CS(=O)(=O)CCCC(F)(F)F)cc(-c2cc(C)c(=O)n(C)c2)n1. The van der Waals surface area contributed by atoms with Crippen LogP contribution >= 0.6 is 0 Å². The Kier molecular flexibility index (Phi) is 7.83. The fourth-order valence-electron chi connectivity index (χ4n) is 3.52. The highest BCUT2D eigenvalue weighted by Crippen LogP contribution is 2.29. The van der Waals surface area contributed by atoms with Gasteiger partial charge in [0.25, 0.3) is 5.56 Å². The standard InChI is InChI=1S/C24H23F3N4O4S/c1-15-6-4-7-17(12-28)21(15)35-23-29-19(14-36(33,34)9-5-8-24(25,26)27)11-20(30-23)18-10-16(2)22(32)31(3)13-18/h4,6-7,10-11,13H,5,8-9,14H2,1-3H3. The number of aromatic nitrogens is 3. The zero-order valence-electron chi connectivity index (χ0n) is 19.8. The van der Waals surface area contributed by atoms with Gasteiger partial charge in [0.1, 0.15) is 6.07 Å². The van der Waals surface area contributed by atoms with Crippen molar-refractivity contribution >= 4 is 9.84 Å². The maximum atomic E-state index is 12.6. The van der Waals surface area contributed by atoms with E-state index in [0.29, 0.717) is 16.7 Å². The molecule has 2 aromatic heterocycles. The van der Waals surface area contributed by atoms with Gasteiger partial charge in [-0.2, -0.15) is 28.4 Å². The largest absolute Gasteiger partial charge is 0.423 e. The van der Waals surface area contributed by atoms with Crippen molar-refractivity contribution in [2.75, 3.05) is 5.75 Å². The predicted molar refractivity (Wildman–Crippen MR) is 126 cm³/mol. The highest BCUT2D eigenvalue weighted by molar-refractivity contribution is 7.90. The predicted octanol–water partition coefficient (Wildman–Crippen LogP) is 4.38. The van der Waals surface area contributed by atoms with Gasteiger partial charge in [0.15, 0.2) is 15.6 Å². The van der Waals surface area contributed by atoms with E-state index in [2.05, 4.69) is 9.97 Å². The number of sulfone groups is 1. The highest BCUT2D eigenvalue weighted by atomic mass is 32.2. The third-order valence-electron chi connectivity index (χ3n) is 5.23. The molecule has 3 rings (SSSR count). The average molecular weight is 521 g/mol. The van der Waals surface area contributed by atoms with Crippen molar-refractivity contribution in [3.63, 3.8) is 0 Å². The molecule has 8 nitrogen and oxygen atoms in total. The van der Waals surface area contributed by atoms with Crippen molar-refractivity contribution in [3.8, 4) is 29.1 Å². The van der Waals surface area contributed by atoms with E-state index in [1.165, 1.54) is 22.9 Å². The van der Waals surface area contributed by atoms with Crippen molar-refractivity contribution < 1.29 is 26.3 Å². The summed E-state index contributed by atoms with van der Waals surface area (Å²) in [5, 5.41) is 9.43. The minimum atomic E-state index is -4.45. The zero-order valence-corrected chi connectivity index (χ0v) is 20.6. The number of alkyl halides is 3. The summed E-state index contributed by atoms with van der Waals surface area (Å²) < 4.78 is 69.7. The Morgan fingerprint density at radius 3 is 2.50 bits per heavy atom. The van der Waals surface area contributed by atoms with E-state index in [1.807, 2.05) is 6.07 Å². The lowest BCUT2D eigenvalue weighted by atomic mass is 10.1. The van der Waals surface area contributed by atoms with Crippen LogP contribution < -0.4 is 10.3 Å². The number of halogens is 3. The topological polar surface area (TPSA) is 115 Å². The lowest BCUT2D eigenvalue weighted by Gasteiger charge is -2.13. The molecular formula is C24H23F3N4O4S. The van der Waals surface area contributed by atoms with Gasteiger partial charge in [-0.15, -0.1) is 0 Å². The first-order chi connectivity index (χ1) is 16.8. The van der Waals surface area contributed by atoms with Gasteiger partial charge in [0, 0.05) is 30.8 Å².